The Hall–Kier alpha value is -3.19. The number of ether oxygens (including phenoxy) is 2. The zero-order valence-electron chi connectivity index (χ0n) is 17.6. The first-order valence-corrected chi connectivity index (χ1v) is 10.9. The van der Waals surface area contributed by atoms with Crippen molar-refractivity contribution < 1.29 is 9.47 Å². The third-order valence-electron chi connectivity index (χ3n) is 6.69. The molecular formula is C24H25N5O2. The van der Waals surface area contributed by atoms with E-state index >= 15 is 0 Å². The summed E-state index contributed by atoms with van der Waals surface area (Å²) in [6.45, 7) is 4.99. The Morgan fingerprint density at radius 2 is 1.97 bits per heavy atom. The molecule has 2 aromatic heterocycles. The first-order valence-electron chi connectivity index (χ1n) is 10.9. The Labute approximate surface area is 181 Å². The van der Waals surface area contributed by atoms with Gasteiger partial charge in [-0.3, -0.25) is 4.90 Å². The molecule has 0 saturated carbocycles. The first-order chi connectivity index (χ1) is 15.3. The molecule has 7 heteroatoms. The van der Waals surface area contributed by atoms with Crippen LogP contribution in [0.5, 0.6) is 11.8 Å². The van der Waals surface area contributed by atoms with Gasteiger partial charge in [0.25, 0.3) is 0 Å². The topological polar surface area (TPSA) is 63.6 Å². The summed E-state index contributed by atoms with van der Waals surface area (Å²) >= 11 is 0. The van der Waals surface area contributed by atoms with Crippen molar-refractivity contribution >= 4 is 5.82 Å². The lowest BCUT2D eigenvalue weighted by Gasteiger charge is -2.38. The van der Waals surface area contributed by atoms with E-state index in [1.165, 1.54) is 24.9 Å². The Bertz CT molecular complexity index is 1130. The maximum Gasteiger partial charge on any atom is 0.233 e. The van der Waals surface area contributed by atoms with Crippen LogP contribution in [0.1, 0.15) is 18.4 Å². The molecular weight excluding hydrogens is 390 g/mol. The van der Waals surface area contributed by atoms with E-state index in [0.717, 1.165) is 53.6 Å². The molecule has 0 radical (unpaired) electrons. The second-order valence-corrected chi connectivity index (χ2v) is 8.45. The van der Waals surface area contributed by atoms with Gasteiger partial charge in [-0.15, -0.1) is 5.10 Å². The van der Waals surface area contributed by atoms with Crippen molar-refractivity contribution in [3.63, 3.8) is 0 Å². The minimum absolute atomic E-state index is 0.506. The van der Waals surface area contributed by atoms with E-state index in [1.807, 2.05) is 6.07 Å². The number of pyridine rings is 1. The number of nitrogens with zero attached hydrogens (tertiary/aromatic N) is 5. The maximum atomic E-state index is 6.10. The molecule has 0 bridgehead atoms. The number of rotatable bonds is 3. The first kappa shape index (κ1) is 18.6. The monoisotopic (exact) mass is 415 g/mol. The van der Waals surface area contributed by atoms with Crippen LogP contribution in [0.4, 0.5) is 5.82 Å². The highest BCUT2D eigenvalue weighted by atomic mass is 16.5. The number of hydrogen-bond acceptors (Lipinski definition) is 7. The van der Waals surface area contributed by atoms with E-state index in [0.29, 0.717) is 18.5 Å². The summed E-state index contributed by atoms with van der Waals surface area (Å²) in [6.07, 6.45) is 4.37. The van der Waals surface area contributed by atoms with E-state index in [-0.39, 0.29) is 0 Å². The van der Waals surface area contributed by atoms with Gasteiger partial charge in [0.05, 0.1) is 13.3 Å². The molecule has 2 fully saturated rings. The summed E-state index contributed by atoms with van der Waals surface area (Å²) in [5.41, 5.74) is 5.42. The van der Waals surface area contributed by atoms with Gasteiger partial charge in [-0.2, -0.15) is 10.1 Å². The largest absolute Gasteiger partial charge is 0.480 e. The Balaban J connectivity index is 1.28. The molecule has 0 amide bonds. The van der Waals surface area contributed by atoms with Crippen molar-refractivity contribution in [3.05, 3.63) is 48.2 Å². The number of anilines is 1. The van der Waals surface area contributed by atoms with Crippen LogP contribution in [0.3, 0.4) is 0 Å². The molecule has 2 saturated heterocycles. The van der Waals surface area contributed by atoms with Gasteiger partial charge in [0.2, 0.25) is 11.8 Å². The minimum Gasteiger partial charge on any atom is -0.480 e. The molecule has 1 atom stereocenters. The Morgan fingerprint density at radius 3 is 2.90 bits per heavy atom. The molecule has 31 heavy (non-hydrogen) atoms. The van der Waals surface area contributed by atoms with Crippen molar-refractivity contribution in [3.8, 4) is 34.0 Å². The highest BCUT2D eigenvalue weighted by Gasteiger charge is 2.31. The van der Waals surface area contributed by atoms with Crippen LogP contribution < -0.4 is 14.4 Å². The van der Waals surface area contributed by atoms with Crippen LogP contribution in [-0.4, -0.2) is 59.4 Å². The second kappa shape index (κ2) is 7.50. The Kier molecular flexibility index (Phi) is 4.49. The average Bonchev–Trinajstić information content (AvgIpc) is 3.31. The lowest BCUT2D eigenvalue weighted by atomic mass is 9.95. The van der Waals surface area contributed by atoms with E-state index in [2.05, 4.69) is 50.3 Å². The minimum atomic E-state index is 0.506. The molecule has 158 valence electrons. The fraction of sp³-hybridized carbons (Fsp3) is 0.375. The lowest BCUT2D eigenvalue weighted by Crippen LogP contribution is -2.50. The zero-order valence-corrected chi connectivity index (χ0v) is 17.6. The third kappa shape index (κ3) is 3.29. The van der Waals surface area contributed by atoms with Gasteiger partial charge in [0.1, 0.15) is 12.4 Å². The highest BCUT2D eigenvalue weighted by molar-refractivity contribution is 5.78. The molecule has 5 heterocycles. The summed E-state index contributed by atoms with van der Waals surface area (Å²) in [7, 11) is 1.60. The Morgan fingerprint density at radius 1 is 1.03 bits per heavy atom. The van der Waals surface area contributed by atoms with Gasteiger partial charge in [0.15, 0.2) is 0 Å². The number of aromatic nitrogens is 3. The number of methoxy groups -OCH3 is 1. The molecule has 1 aromatic carbocycles. The van der Waals surface area contributed by atoms with Crippen molar-refractivity contribution in [2.75, 3.05) is 38.2 Å². The number of benzene rings is 1. The second-order valence-electron chi connectivity index (χ2n) is 8.45. The van der Waals surface area contributed by atoms with Crippen molar-refractivity contribution in [2.45, 2.75) is 25.5 Å². The van der Waals surface area contributed by atoms with Crippen LogP contribution in [0, 0.1) is 0 Å². The third-order valence-corrected chi connectivity index (χ3v) is 6.69. The fourth-order valence-electron chi connectivity index (χ4n) is 5.03. The quantitative estimate of drug-likeness (QED) is 0.650. The van der Waals surface area contributed by atoms with Crippen molar-refractivity contribution in [1.82, 2.24) is 20.1 Å². The zero-order chi connectivity index (χ0) is 20.8. The molecule has 3 aliphatic rings. The number of fused-ring (bicyclic) bond motifs is 4. The van der Waals surface area contributed by atoms with Crippen molar-refractivity contribution in [2.24, 2.45) is 0 Å². The van der Waals surface area contributed by atoms with Gasteiger partial charge < -0.3 is 14.4 Å². The summed E-state index contributed by atoms with van der Waals surface area (Å²) < 4.78 is 11.3. The van der Waals surface area contributed by atoms with Gasteiger partial charge in [-0.25, -0.2) is 0 Å². The molecule has 7 nitrogen and oxygen atoms in total. The van der Waals surface area contributed by atoms with Crippen LogP contribution >= 0.6 is 0 Å². The number of piperazine rings is 1. The summed E-state index contributed by atoms with van der Waals surface area (Å²) in [4.78, 5) is 9.94. The SMILES string of the molecule is COc1cc(-c2ccc3c(c2)COc2nc(N4CCN5CCCC5C4)ccc2-3)cnn1. The molecule has 0 aliphatic carbocycles. The lowest BCUT2D eigenvalue weighted by molar-refractivity contribution is 0.230. The van der Waals surface area contributed by atoms with Crippen LogP contribution in [0.2, 0.25) is 0 Å². The van der Waals surface area contributed by atoms with Crippen LogP contribution in [0.25, 0.3) is 22.3 Å². The molecule has 3 aromatic rings. The fourth-order valence-corrected chi connectivity index (χ4v) is 5.03. The molecule has 1 unspecified atom stereocenters. The van der Waals surface area contributed by atoms with E-state index in [9.17, 15) is 0 Å². The molecule has 6 rings (SSSR count). The van der Waals surface area contributed by atoms with E-state index in [1.54, 1.807) is 13.3 Å². The van der Waals surface area contributed by atoms with Gasteiger partial charge >= 0.3 is 0 Å². The van der Waals surface area contributed by atoms with Crippen LogP contribution in [0.15, 0.2) is 42.6 Å². The molecule has 0 spiro atoms. The van der Waals surface area contributed by atoms with Gasteiger partial charge in [-0.1, -0.05) is 12.1 Å². The predicted octanol–water partition coefficient (Wildman–Crippen LogP) is 3.39. The van der Waals surface area contributed by atoms with Crippen LogP contribution in [-0.2, 0) is 6.61 Å². The summed E-state index contributed by atoms with van der Waals surface area (Å²) in [5.74, 6) is 2.27. The summed E-state index contributed by atoms with van der Waals surface area (Å²) in [6, 6.07) is 13.3. The average molecular weight is 415 g/mol. The maximum absolute atomic E-state index is 6.10. The summed E-state index contributed by atoms with van der Waals surface area (Å²) in [5, 5.41) is 7.98. The van der Waals surface area contributed by atoms with E-state index < -0.39 is 0 Å². The number of hydrogen-bond donors (Lipinski definition) is 0. The van der Waals surface area contributed by atoms with Gasteiger partial charge in [0, 0.05) is 42.9 Å². The standard InChI is InChI=1S/C24H25N5O2/c1-30-23-12-17(13-25-27-23)16-4-5-20-18(11-16)15-31-24-21(20)6-7-22(26-24)29-10-9-28-8-2-3-19(28)14-29/h4-7,11-13,19H,2-3,8-10,14-15H2,1H3. The van der Waals surface area contributed by atoms with Gasteiger partial charge in [-0.05, 0) is 54.3 Å². The predicted molar refractivity (Wildman–Crippen MR) is 118 cm³/mol. The molecule has 0 N–H and O–H groups in total. The van der Waals surface area contributed by atoms with E-state index in [4.69, 9.17) is 14.5 Å². The molecule has 3 aliphatic heterocycles. The van der Waals surface area contributed by atoms with Crippen molar-refractivity contribution in [1.29, 1.82) is 0 Å². The normalized spacial score (nSPS) is 19.9. The smallest absolute Gasteiger partial charge is 0.233 e. The highest BCUT2D eigenvalue weighted by Crippen LogP contribution is 2.39.